The summed E-state index contributed by atoms with van der Waals surface area (Å²) in [7, 11) is 1.50. The summed E-state index contributed by atoms with van der Waals surface area (Å²) < 4.78 is 77.2. The summed E-state index contributed by atoms with van der Waals surface area (Å²) in [5.41, 5.74) is -0.293. The van der Waals surface area contributed by atoms with Gasteiger partial charge in [0, 0.05) is 31.2 Å². The van der Waals surface area contributed by atoms with E-state index in [1.807, 2.05) is 0 Å². The molecule has 0 spiro atoms. The second-order valence-corrected chi connectivity index (χ2v) is 9.10. The molecule has 1 aromatic heterocycles. The highest BCUT2D eigenvalue weighted by molar-refractivity contribution is 6.31. The number of benzene rings is 3. The lowest BCUT2D eigenvalue weighted by Crippen LogP contribution is -2.16. The van der Waals surface area contributed by atoms with Gasteiger partial charge >= 0.3 is 6.18 Å². The average molecular weight is 562 g/mol. The number of hydrogen-bond donors (Lipinski definition) is 0. The quantitative estimate of drug-likeness (QED) is 0.227. The average Bonchev–Trinajstić information content (AvgIpc) is 2.90. The Balaban J connectivity index is 1.35. The van der Waals surface area contributed by atoms with E-state index in [0.717, 1.165) is 18.2 Å². The third kappa shape index (κ3) is 5.56. The van der Waals surface area contributed by atoms with Gasteiger partial charge in [0.25, 0.3) is 0 Å². The van der Waals surface area contributed by atoms with E-state index in [9.17, 15) is 22.4 Å². The maximum Gasteiger partial charge on any atom is 0.417 e. The molecule has 2 heterocycles. The Morgan fingerprint density at radius 1 is 1.00 bits per heavy atom. The van der Waals surface area contributed by atoms with Gasteiger partial charge in [0.15, 0.2) is 11.5 Å². The summed E-state index contributed by atoms with van der Waals surface area (Å²) in [4.78, 5) is 16.9. The van der Waals surface area contributed by atoms with Gasteiger partial charge in [0.05, 0.1) is 28.6 Å². The van der Waals surface area contributed by atoms with E-state index in [4.69, 9.17) is 30.5 Å². The molecule has 5 rings (SSSR count). The highest BCUT2D eigenvalue weighted by Gasteiger charge is 2.33. The Labute approximate surface area is 225 Å². The minimum Gasteiger partial charge on any atom is -0.493 e. The van der Waals surface area contributed by atoms with Gasteiger partial charge in [0.2, 0.25) is 5.75 Å². The first-order valence-corrected chi connectivity index (χ1v) is 12.1. The molecule has 3 aromatic carbocycles. The molecular weight excluding hydrogens is 542 g/mol. The van der Waals surface area contributed by atoms with Crippen LogP contribution >= 0.6 is 11.6 Å². The van der Waals surface area contributed by atoms with Gasteiger partial charge in [-0.2, -0.15) is 13.2 Å². The van der Waals surface area contributed by atoms with Gasteiger partial charge in [0.1, 0.15) is 36.3 Å². The third-order valence-corrected chi connectivity index (χ3v) is 6.37. The Morgan fingerprint density at radius 3 is 2.49 bits per heavy atom. The summed E-state index contributed by atoms with van der Waals surface area (Å²) in [6, 6.07) is 10.6. The highest BCUT2D eigenvalue weighted by atomic mass is 35.5. The summed E-state index contributed by atoms with van der Waals surface area (Å²) in [6.45, 7) is 0.659. The topological polar surface area (TPSA) is 66.9 Å². The summed E-state index contributed by atoms with van der Waals surface area (Å²) >= 11 is 5.63. The molecule has 0 bridgehead atoms. The molecule has 0 saturated heterocycles. The van der Waals surface area contributed by atoms with Crippen molar-refractivity contribution in [2.45, 2.75) is 19.0 Å². The molecule has 0 radical (unpaired) electrons. The monoisotopic (exact) mass is 561 g/mol. The number of ketones is 1. The summed E-state index contributed by atoms with van der Waals surface area (Å²) in [5, 5.41) is 0.0647. The lowest BCUT2D eigenvalue weighted by molar-refractivity contribution is -0.137. The number of hydrogen-bond acceptors (Lipinski definition) is 6. The fourth-order valence-electron chi connectivity index (χ4n) is 4.27. The van der Waals surface area contributed by atoms with Crippen molar-refractivity contribution in [2.75, 3.05) is 20.3 Å². The number of aromatic nitrogens is 1. The van der Waals surface area contributed by atoms with Crippen molar-refractivity contribution in [3.8, 4) is 28.7 Å². The number of fused-ring (bicyclic) bond motifs is 3. The molecular formula is C28H20ClF4NO5. The Bertz CT molecular complexity index is 1570. The summed E-state index contributed by atoms with van der Waals surface area (Å²) in [6.07, 6.45) is -3.75. The molecule has 6 nitrogen and oxygen atoms in total. The van der Waals surface area contributed by atoms with Crippen LogP contribution < -0.4 is 18.9 Å². The second-order valence-electron chi connectivity index (χ2n) is 8.70. The first-order valence-electron chi connectivity index (χ1n) is 11.7. The van der Waals surface area contributed by atoms with Gasteiger partial charge in [-0.25, -0.2) is 4.39 Å². The van der Waals surface area contributed by atoms with E-state index >= 15 is 0 Å². The van der Waals surface area contributed by atoms with E-state index < -0.39 is 28.4 Å². The van der Waals surface area contributed by atoms with Crippen molar-refractivity contribution < 1.29 is 41.3 Å². The van der Waals surface area contributed by atoms with E-state index in [2.05, 4.69) is 4.98 Å². The minimum absolute atomic E-state index is 0.0794. The SMILES string of the molecule is COc1cc2nccc(Oc3ccc(CC(=O)Cc4ccc(Cl)c(C(F)(F)F)c4)c(F)c3)c2c2c1OCCO2. The van der Waals surface area contributed by atoms with Crippen LogP contribution in [0.2, 0.25) is 5.02 Å². The Morgan fingerprint density at radius 2 is 1.77 bits per heavy atom. The molecule has 0 fully saturated rings. The van der Waals surface area contributed by atoms with E-state index in [0.29, 0.717) is 47.1 Å². The first-order chi connectivity index (χ1) is 18.6. The van der Waals surface area contributed by atoms with Crippen molar-refractivity contribution in [1.82, 2.24) is 4.98 Å². The van der Waals surface area contributed by atoms with Crippen molar-refractivity contribution in [2.24, 2.45) is 0 Å². The number of alkyl halides is 3. The lowest BCUT2D eigenvalue weighted by atomic mass is 10.0. The predicted molar refractivity (Wildman–Crippen MR) is 135 cm³/mol. The highest BCUT2D eigenvalue weighted by Crippen LogP contribution is 2.48. The molecule has 0 N–H and O–H groups in total. The van der Waals surface area contributed by atoms with Gasteiger partial charge in [-0.3, -0.25) is 9.78 Å². The van der Waals surface area contributed by atoms with Crippen LogP contribution in [0.5, 0.6) is 28.7 Å². The van der Waals surface area contributed by atoms with Crippen LogP contribution in [0.1, 0.15) is 16.7 Å². The van der Waals surface area contributed by atoms with Crippen LogP contribution in [0.15, 0.2) is 54.7 Å². The molecule has 0 unspecified atom stereocenters. The Kier molecular flexibility index (Phi) is 7.22. The molecule has 0 saturated carbocycles. The molecule has 0 amide bonds. The molecule has 39 heavy (non-hydrogen) atoms. The van der Waals surface area contributed by atoms with E-state index in [1.54, 1.807) is 12.1 Å². The van der Waals surface area contributed by atoms with E-state index in [1.165, 1.54) is 31.5 Å². The molecule has 4 aromatic rings. The maximum absolute atomic E-state index is 14.9. The summed E-state index contributed by atoms with van der Waals surface area (Å²) in [5.74, 6) is 0.607. The smallest absolute Gasteiger partial charge is 0.417 e. The van der Waals surface area contributed by atoms with Crippen LogP contribution in [0, 0.1) is 5.82 Å². The fraction of sp³-hybridized carbons (Fsp3) is 0.214. The van der Waals surface area contributed by atoms with Crippen LogP contribution in [-0.2, 0) is 23.8 Å². The van der Waals surface area contributed by atoms with Crippen molar-refractivity contribution in [1.29, 1.82) is 0 Å². The number of carbonyl (C=O) groups excluding carboxylic acids is 1. The number of carbonyl (C=O) groups is 1. The first kappa shape index (κ1) is 26.6. The molecule has 1 aliphatic heterocycles. The zero-order valence-electron chi connectivity index (χ0n) is 20.4. The molecule has 202 valence electrons. The number of methoxy groups -OCH3 is 1. The number of halogens is 5. The van der Waals surface area contributed by atoms with Crippen LogP contribution in [-0.4, -0.2) is 31.1 Å². The fourth-order valence-corrected chi connectivity index (χ4v) is 4.50. The lowest BCUT2D eigenvalue weighted by Gasteiger charge is -2.23. The predicted octanol–water partition coefficient (Wildman–Crippen LogP) is 6.97. The minimum atomic E-state index is -4.65. The van der Waals surface area contributed by atoms with Crippen molar-refractivity contribution >= 4 is 28.3 Å². The van der Waals surface area contributed by atoms with E-state index in [-0.39, 0.29) is 29.7 Å². The standard InChI is InChI=1S/C28H20ClF4NO5/c1-36-24-14-22-25(27-26(24)37-8-9-38-27)23(6-7-34-22)39-18-4-3-16(21(30)13-18)12-17(35)10-15-2-5-20(29)19(11-15)28(31,32)33/h2-7,11,13-14H,8-10,12H2,1H3. The zero-order valence-corrected chi connectivity index (χ0v) is 21.2. The molecule has 11 heteroatoms. The van der Waals surface area contributed by atoms with Crippen LogP contribution in [0.4, 0.5) is 17.6 Å². The van der Waals surface area contributed by atoms with Gasteiger partial charge in [-0.1, -0.05) is 23.7 Å². The number of ether oxygens (including phenoxy) is 4. The maximum atomic E-state index is 14.9. The third-order valence-electron chi connectivity index (χ3n) is 6.04. The number of rotatable bonds is 7. The normalized spacial score (nSPS) is 12.9. The molecule has 1 aliphatic rings. The van der Waals surface area contributed by atoms with Gasteiger partial charge < -0.3 is 18.9 Å². The van der Waals surface area contributed by atoms with Crippen LogP contribution in [0.25, 0.3) is 10.9 Å². The second kappa shape index (κ2) is 10.6. The number of Topliss-reactive ketones (excluding diaryl/α,β-unsaturated/α-hetero) is 1. The largest absolute Gasteiger partial charge is 0.493 e. The van der Waals surface area contributed by atoms with Crippen molar-refractivity contribution in [3.05, 3.63) is 82.3 Å². The Hall–Kier alpha value is -4.05. The number of pyridine rings is 1. The molecule has 0 aliphatic carbocycles. The van der Waals surface area contributed by atoms with Gasteiger partial charge in [-0.05, 0) is 35.4 Å². The zero-order chi connectivity index (χ0) is 27.7. The van der Waals surface area contributed by atoms with Gasteiger partial charge in [-0.15, -0.1) is 0 Å². The van der Waals surface area contributed by atoms with Crippen LogP contribution in [0.3, 0.4) is 0 Å². The molecule has 0 atom stereocenters. The van der Waals surface area contributed by atoms with Crippen molar-refractivity contribution in [3.63, 3.8) is 0 Å². The number of nitrogens with zero attached hydrogens (tertiary/aromatic N) is 1.